The lowest BCUT2D eigenvalue weighted by molar-refractivity contribution is 0.0728. The van der Waals surface area contributed by atoms with Crippen molar-refractivity contribution < 1.29 is 4.74 Å². The molecule has 0 spiro atoms. The van der Waals surface area contributed by atoms with E-state index in [4.69, 9.17) is 10.1 Å². The van der Waals surface area contributed by atoms with Crippen LogP contribution in [0.3, 0.4) is 0 Å². The highest BCUT2D eigenvalue weighted by atomic mass is 35.5. The van der Waals surface area contributed by atoms with Crippen LogP contribution in [0.15, 0.2) is 24.3 Å². The summed E-state index contributed by atoms with van der Waals surface area (Å²) in [5.41, 5.74) is 2.74. The topological polar surface area (TPSA) is 46.2 Å². The summed E-state index contributed by atoms with van der Waals surface area (Å²) in [5.74, 6) is 0. The zero-order valence-electron chi connectivity index (χ0n) is 18.0. The van der Waals surface area contributed by atoms with Crippen molar-refractivity contribution in [3.8, 4) is 0 Å². The van der Waals surface area contributed by atoms with Gasteiger partial charge in [-0.3, -0.25) is 9.98 Å². The lowest BCUT2D eigenvalue weighted by atomic mass is 10.1. The third-order valence-corrected chi connectivity index (χ3v) is 5.37. The number of unbranched alkanes of at least 4 members (excludes halogenated alkanes) is 5. The summed E-state index contributed by atoms with van der Waals surface area (Å²) >= 11 is 0. The van der Waals surface area contributed by atoms with Gasteiger partial charge in [0.25, 0.3) is 0 Å². The lowest BCUT2D eigenvalue weighted by Gasteiger charge is -2.18. The third kappa shape index (κ3) is 6.94. The minimum atomic E-state index is 0. The molecule has 1 aromatic heterocycles. The van der Waals surface area contributed by atoms with Crippen LogP contribution < -0.4 is 5.62 Å². The maximum Gasteiger partial charge on any atom is 0.204 e. The number of ether oxygens (including phenoxy) is 1. The van der Waals surface area contributed by atoms with Crippen LogP contribution in [-0.2, 0) is 18.0 Å². The highest BCUT2D eigenvalue weighted by Crippen LogP contribution is 2.13. The summed E-state index contributed by atoms with van der Waals surface area (Å²) in [4.78, 5) is 2.40. The molecule has 1 aromatic carbocycles. The van der Waals surface area contributed by atoms with Crippen LogP contribution in [0.2, 0.25) is 0 Å². The quantitative estimate of drug-likeness (QED) is 0.444. The van der Waals surface area contributed by atoms with E-state index in [1.165, 1.54) is 32.1 Å². The van der Waals surface area contributed by atoms with E-state index in [2.05, 4.69) is 48.4 Å². The molecule has 6 heteroatoms. The first-order valence-corrected chi connectivity index (χ1v) is 10.8. The lowest BCUT2D eigenvalue weighted by Crippen LogP contribution is -2.32. The van der Waals surface area contributed by atoms with Crippen LogP contribution >= 0.6 is 12.4 Å². The fourth-order valence-electron chi connectivity index (χ4n) is 3.57. The zero-order valence-corrected chi connectivity index (χ0v) is 18.8. The van der Waals surface area contributed by atoms with Gasteiger partial charge in [0.15, 0.2) is 0 Å². The number of para-hydroxylation sites is 2. The Morgan fingerprint density at radius 1 is 0.893 bits per heavy atom. The van der Waals surface area contributed by atoms with Crippen LogP contribution in [0.5, 0.6) is 0 Å². The molecule has 0 saturated heterocycles. The molecule has 0 aliphatic carbocycles. The Labute approximate surface area is 176 Å². The number of aromatic nitrogens is 2. The summed E-state index contributed by atoms with van der Waals surface area (Å²) in [6.45, 7) is 11.8. The van der Waals surface area contributed by atoms with Crippen molar-refractivity contribution in [2.24, 2.45) is 0 Å². The van der Waals surface area contributed by atoms with Gasteiger partial charge in [0.05, 0.1) is 11.0 Å². The molecular formula is C22H39ClN4O. The molecule has 0 radical (unpaired) electrons. The van der Waals surface area contributed by atoms with Crippen molar-refractivity contribution in [1.82, 2.24) is 14.0 Å². The van der Waals surface area contributed by atoms with Gasteiger partial charge in [-0.05, 0) is 31.6 Å². The maximum atomic E-state index is 8.65. The number of hydrogen-bond donors (Lipinski definition) is 1. The molecule has 0 saturated carbocycles. The molecule has 160 valence electrons. The second kappa shape index (κ2) is 13.8. The number of halogens is 1. The monoisotopic (exact) mass is 410 g/mol. The molecule has 28 heavy (non-hydrogen) atoms. The first-order chi connectivity index (χ1) is 13.2. The van der Waals surface area contributed by atoms with E-state index in [0.29, 0.717) is 12.3 Å². The van der Waals surface area contributed by atoms with Crippen LogP contribution in [0.1, 0.15) is 59.3 Å². The van der Waals surface area contributed by atoms with Gasteiger partial charge < -0.3 is 14.2 Å². The molecule has 1 heterocycles. The summed E-state index contributed by atoms with van der Waals surface area (Å²) in [6.07, 6.45) is 7.62. The smallest absolute Gasteiger partial charge is 0.204 e. The Morgan fingerprint density at radius 2 is 1.50 bits per heavy atom. The van der Waals surface area contributed by atoms with E-state index in [9.17, 15) is 0 Å². The first-order valence-electron chi connectivity index (χ1n) is 10.8. The Bertz CT molecular complexity index is 721. The molecule has 0 atom stereocenters. The number of likely N-dealkylation sites (N-methyl/N-ethyl adjacent to an activating group) is 1. The number of nitrogens with zero attached hydrogens (tertiary/aromatic N) is 3. The number of fused-ring (bicyclic) bond motifs is 1. The molecule has 5 nitrogen and oxygen atoms in total. The summed E-state index contributed by atoms with van der Waals surface area (Å²) in [5, 5.41) is 8.65. The largest absolute Gasteiger partial charge is 0.361 e. The number of nitrogens with one attached hydrogen (secondary N) is 1. The van der Waals surface area contributed by atoms with Crippen molar-refractivity contribution in [2.45, 2.75) is 72.6 Å². The van der Waals surface area contributed by atoms with E-state index >= 15 is 0 Å². The van der Waals surface area contributed by atoms with E-state index in [1.54, 1.807) is 0 Å². The van der Waals surface area contributed by atoms with Crippen LogP contribution in [0.4, 0.5) is 0 Å². The molecule has 2 aromatic rings. The third-order valence-electron chi connectivity index (χ3n) is 5.37. The zero-order chi connectivity index (χ0) is 19.5. The van der Waals surface area contributed by atoms with E-state index in [1.807, 2.05) is 10.6 Å². The predicted molar refractivity (Wildman–Crippen MR) is 120 cm³/mol. The molecule has 0 bridgehead atoms. The molecular weight excluding hydrogens is 372 g/mol. The molecule has 0 unspecified atom stereocenters. The standard InChI is InChI=1S/C22H38N4O.ClH/c1-4-7-8-9-10-13-18-27-19-26-21-15-12-11-14-20(21)25(22(26)23)17-16-24(5-2)6-3;/h11-12,14-15,23H,4-10,13,16-19H2,1-3H3;1H. The van der Waals surface area contributed by atoms with Crippen LogP contribution in [0, 0.1) is 5.41 Å². The predicted octanol–water partition coefficient (Wildman–Crippen LogP) is 5.02. The van der Waals surface area contributed by atoms with Crippen molar-refractivity contribution >= 4 is 23.4 Å². The average Bonchev–Trinajstić information content (AvgIpc) is 2.96. The number of hydrogen-bond acceptors (Lipinski definition) is 3. The Hall–Kier alpha value is -1.30. The summed E-state index contributed by atoms with van der Waals surface area (Å²) < 4.78 is 10.0. The molecule has 2 rings (SSSR count). The van der Waals surface area contributed by atoms with Gasteiger partial charge >= 0.3 is 0 Å². The first kappa shape index (κ1) is 24.7. The van der Waals surface area contributed by atoms with Gasteiger partial charge in [0.2, 0.25) is 5.62 Å². The Kier molecular flexibility index (Phi) is 12.2. The fourth-order valence-corrected chi connectivity index (χ4v) is 3.57. The SMILES string of the molecule is CCCCCCCCOCn1c(=N)n(CCN(CC)CC)c2ccccc21.Cl. The van der Waals surface area contributed by atoms with Crippen molar-refractivity contribution in [3.05, 3.63) is 29.9 Å². The van der Waals surface area contributed by atoms with E-state index < -0.39 is 0 Å². The minimum absolute atomic E-state index is 0. The highest BCUT2D eigenvalue weighted by Gasteiger charge is 2.11. The number of imidazole rings is 1. The van der Waals surface area contributed by atoms with Gasteiger partial charge in [-0.25, -0.2) is 0 Å². The van der Waals surface area contributed by atoms with Gasteiger partial charge in [0.1, 0.15) is 6.73 Å². The fraction of sp³-hybridized carbons (Fsp3) is 0.682. The van der Waals surface area contributed by atoms with Crippen molar-refractivity contribution in [1.29, 1.82) is 5.41 Å². The van der Waals surface area contributed by atoms with Gasteiger partial charge in [0, 0.05) is 19.7 Å². The van der Waals surface area contributed by atoms with Crippen LogP contribution in [-0.4, -0.2) is 40.3 Å². The minimum Gasteiger partial charge on any atom is -0.361 e. The van der Waals surface area contributed by atoms with Crippen molar-refractivity contribution in [3.63, 3.8) is 0 Å². The van der Waals surface area contributed by atoms with Gasteiger partial charge in [-0.1, -0.05) is 65.0 Å². The Balaban J connectivity index is 0.00000392. The molecule has 0 amide bonds. The number of benzene rings is 1. The maximum absolute atomic E-state index is 8.65. The second-order valence-corrected chi connectivity index (χ2v) is 7.22. The van der Waals surface area contributed by atoms with E-state index in [-0.39, 0.29) is 12.4 Å². The number of rotatable bonds is 14. The van der Waals surface area contributed by atoms with Gasteiger partial charge in [-0.2, -0.15) is 0 Å². The highest BCUT2D eigenvalue weighted by molar-refractivity contribution is 5.85. The summed E-state index contributed by atoms with van der Waals surface area (Å²) in [7, 11) is 0. The average molecular weight is 411 g/mol. The molecule has 0 aliphatic heterocycles. The second-order valence-electron chi connectivity index (χ2n) is 7.22. The normalized spacial score (nSPS) is 11.3. The molecule has 0 aliphatic rings. The molecule has 0 fully saturated rings. The Morgan fingerprint density at radius 3 is 2.14 bits per heavy atom. The molecule has 1 N–H and O–H groups in total. The summed E-state index contributed by atoms with van der Waals surface area (Å²) in [6, 6.07) is 8.30. The van der Waals surface area contributed by atoms with Crippen molar-refractivity contribution in [2.75, 3.05) is 26.2 Å². The van der Waals surface area contributed by atoms with Crippen LogP contribution in [0.25, 0.3) is 11.0 Å². The van der Waals surface area contributed by atoms with E-state index in [0.717, 1.165) is 50.2 Å². The van der Waals surface area contributed by atoms with Gasteiger partial charge in [-0.15, -0.1) is 12.4 Å².